The molecule has 2 saturated heterocycles. The van der Waals surface area contributed by atoms with Crippen molar-refractivity contribution in [3.8, 4) is 0 Å². The summed E-state index contributed by atoms with van der Waals surface area (Å²) in [7, 11) is 0. The van der Waals surface area contributed by atoms with Gasteiger partial charge in [-0.05, 0) is 93.3 Å². The smallest absolute Gasteiger partial charge is 0.304 e. The summed E-state index contributed by atoms with van der Waals surface area (Å²) >= 11 is 13.1. The minimum Gasteiger partial charge on any atom is -0.481 e. The van der Waals surface area contributed by atoms with Crippen LogP contribution < -0.4 is 10.2 Å². The molecule has 0 aliphatic carbocycles. The van der Waals surface area contributed by atoms with Crippen LogP contribution in [-0.2, 0) is 4.79 Å². The van der Waals surface area contributed by atoms with Gasteiger partial charge in [-0.15, -0.1) is 0 Å². The van der Waals surface area contributed by atoms with Gasteiger partial charge in [-0.25, -0.2) is 0 Å². The molecule has 35 heavy (non-hydrogen) atoms. The van der Waals surface area contributed by atoms with Gasteiger partial charge in [0, 0.05) is 36.9 Å². The third-order valence-electron chi connectivity index (χ3n) is 7.70. The molecule has 0 bridgehead atoms. The number of piperidine rings is 2. The molecule has 2 aromatic rings. The number of nitrogens with zero attached hydrogens (tertiary/aromatic N) is 2. The summed E-state index contributed by atoms with van der Waals surface area (Å²) in [4.78, 5) is 15.8. The lowest BCUT2D eigenvalue weighted by molar-refractivity contribution is -0.137. The molecule has 0 saturated carbocycles. The average molecular weight is 519 g/mol. The molecule has 2 atom stereocenters. The van der Waals surface area contributed by atoms with Crippen molar-refractivity contribution >= 4 is 40.5 Å². The Morgan fingerprint density at radius 3 is 2.54 bits per heavy atom. The van der Waals surface area contributed by atoms with Crippen molar-refractivity contribution in [2.75, 3.05) is 42.9 Å². The van der Waals surface area contributed by atoms with Crippen LogP contribution in [0.25, 0.3) is 0 Å². The molecular weight excluding hydrogens is 481 g/mol. The summed E-state index contributed by atoms with van der Waals surface area (Å²) in [5.41, 5.74) is 4.33. The predicted molar refractivity (Wildman–Crippen MR) is 146 cm³/mol. The van der Waals surface area contributed by atoms with E-state index < -0.39 is 5.97 Å². The number of nitrogens with one attached hydrogen (secondary N) is 1. The Balaban J connectivity index is 1.35. The summed E-state index contributed by atoms with van der Waals surface area (Å²) < 4.78 is 0. The van der Waals surface area contributed by atoms with Crippen molar-refractivity contribution < 1.29 is 9.90 Å². The highest BCUT2D eigenvalue weighted by atomic mass is 35.5. The first-order valence-corrected chi connectivity index (χ1v) is 13.6. The highest BCUT2D eigenvalue weighted by Crippen LogP contribution is 2.36. The van der Waals surface area contributed by atoms with Crippen LogP contribution in [0, 0.1) is 18.8 Å². The molecule has 0 spiro atoms. The Hall–Kier alpha value is -1.95. The molecule has 4 rings (SSSR count). The van der Waals surface area contributed by atoms with Gasteiger partial charge in [-0.2, -0.15) is 0 Å². The van der Waals surface area contributed by atoms with Crippen molar-refractivity contribution in [3.63, 3.8) is 0 Å². The van der Waals surface area contributed by atoms with Crippen molar-refractivity contribution in [2.24, 2.45) is 11.8 Å². The number of carbonyl (C=O) groups is 1. The Morgan fingerprint density at radius 1 is 1.06 bits per heavy atom. The van der Waals surface area contributed by atoms with Crippen molar-refractivity contribution in [2.45, 2.75) is 52.0 Å². The zero-order valence-corrected chi connectivity index (χ0v) is 22.3. The van der Waals surface area contributed by atoms with Crippen LogP contribution in [-0.4, -0.2) is 48.7 Å². The Bertz CT molecular complexity index is 1020. The van der Waals surface area contributed by atoms with Gasteiger partial charge >= 0.3 is 5.97 Å². The van der Waals surface area contributed by atoms with Crippen LogP contribution in [0.15, 0.2) is 36.4 Å². The maximum Gasteiger partial charge on any atom is 0.304 e. The normalized spacial score (nSPS) is 20.6. The van der Waals surface area contributed by atoms with Crippen molar-refractivity contribution in [3.05, 3.63) is 57.6 Å². The second kappa shape index (κ2) is 11.9. The molecule has 5 nitrogen and oxygen atoms in total. The number of aryl methyl sites for hydroxylation is 1. The zero-order chi connectivity index (χ0) is 24.9. The minimum absolute atomic E-state index is 0.0389. The van der Waals surface area contributed by atoms with Crippen LogP contribution in [0.4, 0.5) is 11.4 Å². The van der Waals surface area contributed by atoms with Crippen LogP contribution in [0.5, 0.6) is 0 Å². The highest BCUT2D eigenvalue weighted by molar-refractivity contribution is 6.33. The molecule has 2 aliphatic heterocycles. The molecule has 2 N–H and O–H groups in total. The molecule has 1 unspecified atom stereocenters. The van der Waals surface area contributed by atoms with Gasteiger partial charge in [0.15, 0.2) is 0 Å². The first-order chi connectivity index (χ1) is 16.8. The molecule has 2 aromatic carbocycles. The fourth-order valence-electron chi connectivity index (χ4n) is 5.68. The number of rotatable bonds is 8. The number of carboxylic acids is 1. The van der Waals surface area contributed by atoms with E-state index >= 15 is 0 Å². The number of benzene rings is 2. The summed E-state index contributed by atoms with van der Waals surface area (Å²) in [6.07, 6.45) is 5.05. The number of halogens is 2. The topological polar surface area (TPSA) is 55.8 Å². The van der Waals surface area contributed by atoms with Crippen LogP contribution in [0.3, 0.4) is 0 Å². The largest absolute Gasteiger partial charge is 0.481 e. The van der Waals surface area contributed by atoms with E-state index in [0.29, 0.717) is 23.4 Å². The molecule has 0 aromatic heterocycles. The summed E-state index contributed by atoms with van der Waals surface area (Å²) in [6, 6.07) is 12.5. The third-order valence-corrected chi connectivity index (χ3v) is 8.36. The number of hydrogen-bond donors (Lipinski definition) is 2. The lowest BCUT2D eigenvalue weighted by Gasteiger charge is -2.41. The van der Waals surface area contributed by atoms with E-state index in [9.17, 15) is 4.79 Å². The molecule has 2 heterocycles. The van der Waals surface area contributed by atoms with E-state index in [1.54, 1.807) is 0 Å². The molecule has 2 aliphatic rings. The second-order valence-electron chi connectivity index (χ2n) is 10.2. The van der Waals surface area contributed by atoms with E-state index in [-0.39, 0.29) is 12.5 Å². The van der Waals surface area contributed by atoms with Crippen molar-refractivity contribution in [1.82, 2.24) is 4.90 Å². The monoisotopic (exact) mass is 517 g/mol. The lowest BCUT2D eigenvalue weighted by atomic mass is 9.79. The maximum atomic E-state index is 10.9. The van der Waals surface area contributed by atoms with Gasteiger partial charge < -0.3 is 20.2 Å². The van der Waals surface area contributed by atoms with Gasteiger partial charge in [0.25, 0.3) is 0 Å². The minimum atomic E-state index is -0.700. The third kappa shape index (κ3) is 6.84. The number of anilines is 2. The standard InChI is InChI=1S/C28H37Cl2N3O2/c1-19-5-7-24(26(30)16-19)20(2)31-27-17-23(6-8-25(27)29)33-14-9-21(10-15-33)22-4-3-12-32(18-22)13-11-28(34)35/h5-8,16-17,20-22,31H,3-4,9-15,18H2,1-2H3,(H,34,35)/t20-,22?/m1/s1. The molecule has 7 heteroatoms. The molecular formula is C28H37Cl2N3O2. The van der Waals surface area contributed by atoms with E-state index in [4.69, 9.17) is 28.3 Å². The first-order valence-electron chi connectivity index (χ1n) is 12.8. The molecule has 2 fully saturated rings. The van der Waals surface area contributed by atoms with E-state index in [2.05, 4.69) is 46.3 Å². The summed E-state index contributed by atoms with van der Waals surface area (Å²) in [5.74, 6) is 0.698. The average Bonchev–Trinajstić information content (AvgIpc) is 2.84. The lowest BCUT2D eigenvalue weighted by Crippen LogP contribution is -2.43. The Morgan fingerprint density at radius 2 is 1.83 bits per heavy atom. The molecule has 0 amide bonds. The van der Waals surface area contributed by atoms with Gasteiger partial charge in [-0.3, -0.25) is 4.79 Å². The van der Waals surface area contributed by atoms with E-state index in [0.717, 1.165) is 48.0 Å². The van der Waals surface area contributed by atoms with Crippen LogP contribution in [0.1, 0.15) is 56.2 Å². The van der Waals surface area contributed by atoms with Gasteiger partial charge in [-0.1, -0.05) is 35.3 Å². The van der Waals surface area contributed by atoms with Crippen LogP contribution in [0.2, 0.25) is 10.0 Å². The number of aliphatic carboxylic acids is 1. The summed E-state index contributed by atoms with van der Waals surface area (Å²) in [5, 5.41) is 14.0. The quantitative estimate of drug-likeness (QED) is 0.399. The van der Waals surface area contributed by atoms with Crippen molar-refractivity contribution in [1.29, 1.82) is 0 Å². The second-order valence-corrected chi connectivity index (χ2v) is 11.0. The summed E-state index contributed by atoms with van der Waals surface area (Å²) in [6.45, 7) is 8.99. The van der Waals surface area contributed by atoms with Crippen LogP contribution >= 0.6 is 23.2 Å². The van der Waals surface area contributed by atoms with E-state index in [1.165, 1.54) is 31.4 Å². The highest BCUT2D eigenvalue weighted by Gasteiger charge is 2.30. The Labute approximate surface area is 219 Å². The predicted octanol–water partition coefficient (Wildman–Crippen LogP) is 6.88. The number of hydrogen-bond acceptors (Lipinski definition) is 4. The molecule has 190 valence electrons. The van der Waals surface area contributed by atoms with Gasteiger partial charge in [0.05, 0.1) is 23.2 Å². The maximum absolute atomic E-state index is 10.9. The SMILES string of the molecule is Cc1ccc([C@@H](C)Nc2cc(N3CCC(C4CCCN(CCC(=O)O)C4)CC3)ccc2Cl)c(Cl)c1. The van der Waals surface area contributed by atoms with E-state index in [1.807, 2.05) is 19.1 Å². The fourth-order valence-corrected chi connectivity index (χ4v) is 6.25. The number of carboxylic acid groups (broad SMARTS) is 1. The van der Waals surface area contributed by atoms with Gasteiger partial charge in [0.1, 0.15) is 0 Å². The van der Waals surface area contributed by atoms with Gasteiger partial charge in [0.2, 0.25) is 0 Å². The first kappa shape index (κ1) is 26.1. The fraction of sp³-hybridized carbons (Fsp3) is 0.536. The Kier molecular flexibility index (Phi) is 8.85. The molecule has 0 radical (unpaired) electrons. The zero-order valence-electron chi connectivity index (χ0n) is 20.8. The number of likely N-dealkylation sites (tertiary alicyclic amines) is 1.